The van der Waals surface area contributed by atoms with E-state index >= 15 is 0 Å². The number of benzene rings is 1. The number of aliphatic hydroxyl groups excluding tert-OH is 1. The van der Waals surface area contributed by atoms with Crippen LogP contribution in [0.25, 0.3) is 10.6 Å². The Hall–Kier alpha value is -1.19. The highest BCUT2D eigenvalue weighted by atomic mass is 32.1. The number of aliphatic hydroxyl groups is 1. The van der Waals surface area contributed by atoms with Gasteiger partial charge in [0.2, 0.25) is 0 Å². The van der Waals surface area contributed by atoms with Crippen LogP contribution in [-0.4, -0.2) is 10.1 Å². The van der Waals surface area contributed by atoms with E-state index in [9.17, 15) is 0 Å². The van der Waals surface area contributed by atoms with Gasteiger partial charge in [-0.15, -0.1) is 11.3 Å². The minimum absolute atomic E-state index is 0.0143. The molecule has 1 aromatic heterocycles. The van der Waals surface area contributed by atoms with Crippen molar-refractivity contribution in [3.05, 3.63) is 39.9 Å². The lowest BCUT2D eigenvalue weighted by Crippen LogP contribution is -1.91. The third kappa shape index (κ3) is 1.88. The number of hydrogen-bond acceptors (Lipinski definition) is 3. The molecule has 2 nitrogen and oxygen atoms in total. The van der Waals surface area contributed by atoms with E-state index in [-0.39, 0.29) is 6.61 Å². The molecule has 0 fully saturated rings. The number of thiazole rings is 1. The van der Waals surface area contributed by atoms with E-state index in [1.165, 1.54) is 22.3 Å². The van der Waals surface area contributed by atoms with Gasteiger partial charge in [-0.2, -0.15) is 0 Å². The number of aromatic nitrogens is 1. The van der Waals surface area contributed by atoms with Crippen molar-refractivity contribution in [2.75, 3.05) is 0 Å². The van der Waals surface area contributed by atoms with Gasteiger partial charge in [-0.3, -0.25) is 0 Å². The predicted octanol–water partition coefficient (Wildman–Crippen LogP) is 3.23. The second-order valence-electron chi connectivity index (χ2n) is 3.98. The van der Waals surface area contributed by atoms with Crippen molar-refractivity contribution in [3.8, 4) is 10.6 Å². The zero-order valence-corrected chi connectivity index (χ0v) is 10.6. The molecule has 0 aliphatic rings. The predicted molar refractivity (Wildman–Crippen MR) is 67.7 cm³/mol. The fraction of sp³-hybridized carbons (Fsp3) is 0.308. The third-order valence-corrected chi connectivity index (χ3v) is 3.93. The lowest BCUT2D eigenvalue weighted by atomic mass is 9.99. The van der Waals surface area contributed by atoms with Crippen molar-refractivity contribution in [1.82, 2.24) is 4.98 Å². The summed E-state index contributed by atoms with van der Waals surface area (Å²) in [4.78, 5) is 4.40. The van der Waals surface area contributed by atoms with Crippen LogP contribution < -0.4 is 0 Å². The first kappa shape index (κ1) is 11.3. The van der Waals surface area contributed by atoms with E-state index in [0.717, 1.165) is 10.7 Å². The first-order chi connectivity index (χ1) is 7.63. The van der Waals surface area contributed by atoms with E-state index in [1.54, 1.807) is 11.3 Å². The smallest absolute Gasteiger partial charge is 0.123 e. The van der Waals surface area contributed by atoms with Gasteiger partial charge < -0.3 is 5.11 Å². The van der Waals surface area contributed by atoms with E-state index in [4.69, 9.17) is 5.11 Å². The van der Waals surface area contributed by atoms with Crippen LogP contribution in [0.15, 0.2) is 17.5 Å². The lowest BCUT2D eigenvalue weighted by Gasteiger charge is -2.08. The Morgan fingerprint density at radius 1 is 1.19 bits per heavy atom. The Bertz CT molecular complexity index is 517. The molecule has 2 rings (SSSR count). The molecule has 84 valence electrons. The van der Waals surface area contributed by atoms with Crippen molar-refractivity contribution >= 4 is 11.3 Å². The average molecular weight is 233 g/mol. The number of aryl methyl sites for hydroxylation is 1. The number of hydrogen-bond donors (Lipinski definition) is 1. The van der Waals surface area contributed by atoms with Gasteiger partial charge >= 0.3 is 0 Å². The molecule has 2 aromatic rings. The van der Waals surface area contributed by atoms with Crippen LogP contribution in [-0.2, 0) is 6.61 Å². The average Bonchev–Trinajstić information content (AvgIpc) is 2.74. The highest BCUT2D eigenvalue weighted by molar-refractivity contribution is 7.13. The van der Waals surface area contributed by atoms with Crippen LogP contribution in [0.1, 0.15) is 22.4 Å². The SMILES string of the molecule is Cc1ccc(-c2nc(CO)cs2)c(C)c1C. The Labute approximate surface area is 99.6 Å². The van der Waals surface area contributed by atoms with Crippen molar-refractivity contribution in [2.24, 2.45) is 0 Å². The largest absolute Gasteiger partial charge is 0.390 e. The summed E-state index contributed by atoms with van der Waals surface area (Å²) in [5, 5.41) is 11.9. The van der Waals surface area contributed by atoms with Crippen molar-refractivity contribution < 1.29 is 5.11 Å². The molecule has 0 saturated carbocycles. The van der Waals surface area contributed by atoms with Crippen LogP contribution >= 0.6 is 11.3 Å². The highest BCUT2D eigenvalue weighted by Gasteiger charge is 2.09. The van der Waals surface area contributed by atoms with Crippen molar-refractivity contribution in [1.29, 1.82) is 0 Å². The zero-order chi connectivity index (χ0) is 11.7. The zero-order valence-electron chi connectivity index (χ0n) is 9.74. The quantitative estimate of drug-likeness (QED) is 0.864. The summed E-state index contributed by atoms with van der Waals surface area (Å²) >= 11 is 1.58. The summed E-state index contributed by atoms with van der Waals surface area (Å²) in [6, 6.07) is 4.23. The van der Waals surface area contributed by atoms with Gasteiger partial charge in [0.15, 0.2) is 0 Å². The van der Waals surface area contributed by atoms with Gasteiger partial charge in [-0.1, -0.05) is 12.1 Å². The topological polar surface area (TPSA) is 33.1 Å². The maximum atomic E-state index is 9.01. The standard InChI is InChI=1S/C13H15NOS/c1-8-4-5-12(10(3)9(8)2)13-14-11(6-15)7-16-13/h4-5,7,15H,6H2,1-3H3. The molecule has 0 saturated heterocycles. The summed E-state index contributed by atoms with van der Waals surface area (Å²) in [5.41, 5.74) is 5.82. The fourth-order valence-electron chi connectivity index (χ4n) is 1.69. The minimum Gasteiger partial charge on any atom is -0.390 e. The van der Waals surface area contributed by atoms with E-state index in [0.29, 0.717) is 0 Å². The first-order valence-corrected chi connectivity index (χ1v) is 6.14. The van der Waals surface area contributed by atoms with Crippen LogP contribution in [0.3, 0.4) is 0 Å². The maximum Gasteiger partial charge on any atom is 0.123 e. The molecule has 1 aromatic carbocycles. The Balaban J connectivity index is 2.52. The van der Waals surface area contributed by atoms with Crippen LogP contribution in [0.5, 0.6) is 0 Å². The van der Waals surface area contributed by atoms with E-state index in [2.05, 4.69) is 37.9 Å². The second-order valence-corrected chi connectivity index (χ2v) is 4.84. The Kier molecular flexibility index (Phi) is 3.08. The van der Waals surface area contributed by atoms with E-state index in [1.807, 2.05) is 5.38 Å². The second kappa shape index (κ2) is 4.36. The summed E-state index contributed by atoms with van der Waals surface area (Å²) < 4.78 is 0. The van der Waals surface area contributed by atoms with Gasteiger partial charge in [0.1, 0.15) is 5.01 Å². The fourth-order valence-corrected chi connectivity index (χ4v) is 2.58. The molecule has 0 amide bonds. The Morgan fingerprint density at radius 3 is 2.56 bits per heavy atom. The van der Waals surface area contributed by atoms with Gasteiger partial charge in [0.05, 0.1) is 12.3 Å². The van der Waals surface area contributed by atoms with Crippen LogP contribution in [0.4, 0.5) is 0 Å². The summed E-state index contributed by atoms with van der Waals surface area (Å²) in [6.45, 7) is 6.39. The molecule has 16 heavy (non-hydrogen) atoms. The molecule has 0 radical (unpaired) electrons. The van der Waals surface area contributed by atoms with Gasteiger partial charge in [0, 0.05) is 10.9 Å². The molecular formula is C13H15NOS. The van der Waals surface area contributed by atoms with Crippen LogP contribution in [0, 0.1) is 20.8 Å². The lowest BCUT2D eigenvalue weighted by molar-refractivity contribution is 0.278. The summed E-state index contributed by atoms with van der Waals surface area (Å²) in [6.07, 6.45) is 0. The summed E-state index contributed by atoms with van der Waals surface area (Å²) in [5.74, 6) is 0. The number of nitrogens with zero attached hydrogens (tertiary/aromatic N) is 1. The van der Waals surface area contributed by atoms with Crippen molar-refractivity contribution in [2.45, 2.75) is 27.4 Å². The molecule has 1 N–H and O–H groups in total. The van der Waals surface area contributed by atoms with Gasteiger partial charge in [0.25, 0.3) is 0 Å². The van der Waals surface area contributed by atoms with Crippen molar-refractivity contribution in [3.63, 3.8) is 0 Å². The molecule has 0 aliphatic heterocycles. The molecule has 0 atom stereocenters. The Morgan fingerprint density at radius 2 is 1.94 bits per heavy atom. The third-order valence-electron chi connectivity index (χ3n) is 3.00. The number of rotatable bonds is 2. The highest BCUT2D eigenvalue weighted by Crippen LogP contribution is 2.29. The molecule has 0 unspecified atom stereocenters. The van der Waals surface area contributed by atoms with Gasteiger partial charge in [-0.25, -0.2) is 4.98 Å². The molecular weight excluding hydrogens is 218 g/mol. The molecule has 3 heteroatoms. The first-order valence-electron chi connectivity index (χ1n) is 5.26. The normalized spacial score (nSPS) is 10.8. The molecule has 1 heterocycles. The summed E-state index contributed by atoms with van der Waals surface area (Å²) in [7, 11) is 0. The van der Waals surface area contributed by atoms with Crippen LogP contribution in [0.2, 0.25) is 0 Å². The molecule has 0 spiro atoms. The van der Waals surface area contributed by atoms with E-state index < -0.39 is 0 Å². The van der Waals surface area contributed by atoms with Gasteiger partial charge in [-0.05, 0) is 37.5 Å². The molecule has 0 bridgehead atoms. The monoisotopic (exact) mass is 233 g/mol. The molecule has 0 aliphatic carbocycles. The maximum absolute atomic E-state index is 9.01. The minimum atomic E-state index is 0.0143.